The Hall–Kier alpha value is -2.07. The number of nitrogens with zero attached hydrogens (tertiary/aromatic N) is 1. The van der Waals surface area contributed by atoms with Crippen LogP contribution in [0.5, 0.6) is 5.75 Å². The topological polar surface area (TPSA) is 29.9 Å². The van der Waals surface area contributed by atoms with Crippen LogP contribution in [0.15, 0.2) is 42.5 Å². The average molecular weight is 298 g/mol. The van der Waals surface area contributed by atoms with E-state index in [1.54, 1.807) is 0 Å². The number of H-pyrrole nitrogens is 1. The Morgan fingerprint density at radius 3 is 2.76 bits per heavy atom. The van der Waals surface area contributed by atoms with E-state index in [-0.39, 0.29) is 0 Å². The van der Waals surface area contributed by atoms with E-state index < -0.39 is 0 Å². The molecule has 0 aliphatic rings. The maximum absolute atomic E-state index is 5.81. The minimum atomic E-state index is 0.596. The van der Waals surface area contributed by atoms with Gasteiger partial charge in [-0.1, -0.05) is 24.3 Å². The Balaban J connectivity index is 1.78. The number of hydrogen-bond donors (Lipinski definition) is 1. The summed E-state index contributed by atoms with van der Waals surface area (Å²) in [4.78, 5) is 3.28. The highest BCUT2D eigenvalue weighted by atomic mass is 32.1. The van der Waals surface area contributed by atoms with Crippen LogP contribution in [0.25, 0.3) is 11.0 Å². The smallest absolute Gasteiger partial charge is 0.178 e. The molecular weight excluding hydrogens is 280 g/mol. The quantitative estimate of drug-likeness (QED) is 0.724. The summed E-state index contributed by atoms with van der Waals surface area (Å²) in [6.07, 6.45) is 0. The van der Waals surface area contributed by atoms with E-state index >= 15 is 0 Å². The number of imidazole rings is 1. The van der Waals surface area contributed by atoms with Gasteiger partial charge in [0.1, 0.15) is 12.4 Å². The fraction of sp³-hybridized carbons (Fsp3) is 0.235. The van der Waals surface area contributed by atoms with Crippen molar-refractivity contribution in [3.8, 4) is 5.75 Å². The summed E-state index contributed by atoms with van der Waals surface area (Å²) in [7, 11) is 0. The Bertz CT molecular complexity index is 832. The molecular formula is C17H18N2OS. The van der Waals surface area contributed by atoms with Crippen LogP contribution >= 0.6 is 12.2 Å². The van der Waals surface area contributed by atoms with Crippen LogP contribution in [0.3, 0.4) is 0 Å². The fourth-order valence-corrected chi connectivity index (χ4v) is 2.80. The monoisotopic (exact) mass is 298 g/mol. The Labute approximate surface area is 129 Å². The molecule has 0 atom stereocenters. The van der Waals surface area contributed by atoms with Crippen molar-refractivity contribution < 1.29 is 4.74 Å². The normalized spacial score (nSPS) is 11.0. The number of aromatic amines is 1. The molecule has 0 unspecified atom stereocenters. The molecule has 0 saturated heterocycles. The maximum Gasteiger partial charge on any atom is 0.178 e. The van der Waals surface area contributed by atoms with E-state index in [1.807, 2.05) is 18.2 Å². The van der Waals surface area contributed by atoms with E-state index in [1.165, 1.54) is 11.1 Å². The molecule has 1 aromatic heterocycles. The number of hydrogen-bond acceptors (Lipinski definition) is 2. The van der Waals surface area contributed by atoms with Crippen LogP contribution in [0.4, 0.5) is 0 Å². The van der Waals surface area contributed by atoms with Crippen molar-refractivity contribution in [2.45, 2.75) is 20.4 Å². The molecule has 3 rings (SSSR count). The third-order valence-electron chi connectivity index (χ3n) is 3.59. The summed E-state index contributed by atoms with van der Waals surface area (Å²) >= 11 is 5.42. The number of benzene rings is 2. The first kappa shape index (κ1) is 13.9. The van der Waals surface area contributed by atoms with E-state index in [0.29, 0.717) is 6.61 Å². The maximum atomic E-state index is 5.81. The van der Waals surface area contributed by atoms with Crippen molar-refractivity contribution in [1.29, 1.82) is 0 Å². The number of nitrogens with one attached hydrogen (secondary N) is 1. The lowest BCUT2D eigenvalue weighted by Gasteiger charge is -2.08. The molecule has 3 aromatic rings. The zero-order valence-electron chi connectivity index (χ0n) is 12.2. The third kappa shape index (κ3) is 2.85. The Morgan fingerprint density at radius 1 is 1.14 bits per heavy atom. The summed E-state index contributed by atoms with van der Waals surface area (Å²) in [6, 6.07) is 14.3. The molecule has 0 bridgehead atoms. The predicted octanol–water partition coefficient (Wildman–Crippen LogP) is 4.39. The van der Waals surface area contributed by atoms with Gasteiger partial charge in [-0.3, -0.25) is 0 Å². The summed E-state index contributed by atoms with van der Waals surface area (Å²) in [5.74, 6) is 0.901. The third-order valence-corrected chi connectivity index (χ3v) is 3.91. The van der Waals surface area contributed by atoms with Gasteiger partial charge >= 0.3 is 0 Å². The molecule has 3 nitrogen and oxygen atoms in total. The molecule has 2 aromatic carbocycles. The highest BCUT2D eigenvalue weighted by Crippen LogP contribution is 2.18. The van der Waals surface area contributed by atoms with Gasteiger partial charge in [0.25, 0.3) is 0 Å². The van der Waals surface area contributed by atoms with Crippen LogP contribution in [-0.4, -0.2) is 16.2 Å². The van der Waals surface area contributed by atoms with Crippen molar-refractivity contribution in [1.82, 2.24) is 9.55 Å². The van der Waals surface area contributed by atoms with Gasteiger partial charge in [-0.05, 0) is 55.4 Å². The van der Waals surface area contributed by atoms with Crippen molar-refractivity contribution in [3.05, 3.63) is 58.4 Å². The molecule has 0 radical (unpaired) electrons. The van der Waals surface area contributed by atoms with E-state index in [0.717, 1.165) is 28.1 Å². The molecule has 1 N–H and O–H groups in total. The van der Waals surface area contributed by atoms with Crippen LogP contribution in [0.1, 0.15) is 11.1 Å². The molecule has 0 saturated carbocycles. The molecule has 108 valence electrons. The summed E-state index contributed by atoms with van der Waals surface area (Å²) in [5.41, 5.74) is 4.65. The minimum Gasteiger partial charge on any atom is -0.492 e. The minimum absolute atomic E-state index is 0.596. The average Bonchev–Trinajstić information content (AvgIpc) is 2.77. The van der Waals surface area contributed by atoms with E-state index in [2.05, 4.69) is 47.7 Å². The zero-order valence-corrected chi connectivity index (χ0v) is 13.0. The molecule has 0 fully saturated rings. The predicted molar refractivity (Wildman–Crippen MR) is 88.5 cm³/mol. The van der Waals surface area contributed by atoms with Crippen LogP contribution in [0, 0.1) is 18.6 Å². The number of ether oxygens (including phenoxy) is 1. The Morgan fingerprint density at radius 2 is 1.95 bits per heavy atom. The highest BCUT2D eigenvalue weighted by Gasteiger charge is 2.06. The molecule has 0 spiro atoms. The van der Waals surface area contributed by atoms with Gasteiger partial charge in [-0.15, -0.1) is 0 Å². The number of para-hydroxylation sites is 1. The van der Waals surface area contributed by atoms with Crippen LogP contribution < -0.4 is 4.74 Å². The number of aromatic nitrogens is 2. The van der Waals surface area contributed by atoms with Crippen LogP contribution in [-0.2, 0) is 6.54 Å². The summed E-state index contributed by atoms with van der Waals surface area (Å²) in [6.45, 7) is 5.47. The molecule has 1 heterocycles. The first-order chi connectivity index (χ1) is 10.1. The first-order valence-electron chi connectivity index (χ1n) is 7.03. The van der Waals surface area contributed by atoms with Gasteiger partial charge in [-0.2, -0.15) is 0 Å². The van der Waals surface area contributed by atoms with Gasteiger partial charge in [0.05, 0.1) is 17.6 Å². The van der Waals surface area contributed by atoms with Gasteiger partial charge < -0.3 is 14.3 Å². The molecule has 0 amide bonds. The van der Waals surface area contributed by atoms with Crippen molar-refractivity contribution >= 4 is 23.3 Å². The van der Waals surface area contributed by atoms with Gasteiger partial charge in [0.15, 0.2) is 4.77 Å². The van der Waals surface area contributed by atoms with Gasteiger partial charge in [0.2, 0.25) is 0 Å². The Kier molecular flexibility index (Phi) is 3.80. The second-order valence-electron chi connectivity index (χ2n) is 5.22. The lowest BCUT2D eigenvalue weighted by molar-refractivity contribution is 0.299. The van der Waals surface area contributed by atoms with E-state index in [9.17, 15) is 0 Å². The first-order valence-corrected chi connectivity index (χ1v) is 7.43. The second kappa shape index (κ2) is 5.74. The highest BCUT2D eigenvalue weighted by molar-refractivity contribution is 7.71. The molecule has 4 heteroatoms. The van der Waals surface area contributed by atoms with Gasteiger partial charge in [0, 0.05) is 0 Å². The summed E-state index contributed by atoms with van der Waals surface area (Å²) < 4.78 is 8.65. The SMILES string of the molecule is Cc1cccc(OCCn2c(=S)[nH]c3c(C)cccc32)c1. The largest absolute Gasteiger partial charge is 0.492 e. The second-order valence-corrected chi connectivity index (χ2v) is 5.60. The molecule has 21 heavy (non-hydrogen) atoms. The lowest BCUT2D eigenvalue weighted by Crippen LogP contribution is -2.08. The van der Waals surface area contributed by atoms with Crippen molar-refractivity contribution in [2.75, 3.05) is 6.61 Å². The number of fused-ring (bicyclic) bond motifs is 1. The number of aryl methyl sites for hydroxylation is 2. The van der Waals surface area contributed by atoms with Crippen molar-refractivity contribution in [2.24, 2.45) is 0 Å². The van der Waals surface area contributed by atoms with Crippen molar-refractivity contribution in [3.63, 3.8) is 0 Å². The standard InChI is InChI=1S/C17H18N2OS/c1-12-5-3-7-14(11-12)20-10-9-19-15-8-4-6-13(2)16(15)18-17(19)21/h3-8,11H,9-10H2,1-2H3,(H,18,21). The van der Waals surface area contributed by atoms with Gasteiger partial charge in [-0.25, -0.2) is 0 Å². The summed E-state index contributed by atoms with van der Waals surface area (Å²) in [5, 5.41) is 0. The number of rotatable bonds is 4. The molecule has 0 aliphatic heterocycles. The molecule has 0 aliphatic carbocycles. The van der Waals surface area contributed by atoms with Crippen LogP contribution in [0.2, 0.25) is 0 Å². The fourth-order valence-electron chi connectivity index (χ4n) is 2.51. The lowest BCUT2D eigenvalue weighted by atomic mass is 10.2. The zero-order chi connectivity index (χ0) is 14.8. The van der Waals surface area contributed by atoms with E-state index in [4.69, 9.17) is 17.0 Å².